The molecule has 0 aromatic heterocycles. The van der Waals surface area contributed by atoms with Gasteiger partial charge in [0.1, 0.15) is 5.75 Å². The van der Waals surface area contributed by atoms with Crippen molar-refractivity contribution in [3.63, 3.8) is 0 Å². The van der Waals surface area contributed by atoms with Gasteiger partial charge in [-0.25, -0.2) is 0 Å². The molecule has 2 saturated heterocycles. The van der Waals surface area contributed by atoms with E-state index in [1.165, 1.54) is 18.4 Å². The van der Waals surface area contributed by atoms with E-state index >= 15 is 0 Å². The molecule has 1 amide bonds. The summed E-state index contributed by atoms with van der Waals surface area (Å²) >= 11 is 0. The number of hydrogen-bond acceptors (Lipinski definition) is 3. The molecular formula is C19H28N2O2. The lowest BCUT2D eigenvalue weighted by Crippen LogP contribution is -2.47. The van der Waals surface area contributed by atoms with E-state index in [1.54, 1.807) is 7.11 Å². The maximum absolute atomic E-state index is 12.9. The first kappa shape index (κ1) is 16.3. The highest BCUT2D eigenvalue weighted by molar-refractivity contribution is 5.80. The van der Waals surface area contributed by atoms with Crippen LogP contribution in [0, 0.1) is 6.92 Å². The highest BCUT2D eigenvalue weighted by Gasteiger charge is 2.38. The number of nitrogens with zero attached hydrogens (tertiary/aromatic N) is 2. The maximum atomic E-state index is 12.9. The second kappa shape index (κ2) is 6.91. The lowest BCUT2D eigenvalue weighted by Gasteiger charge is -2.33. The average Bonchev–Trinajstić information content (AvgIpc) is 3.15. The maximum Gasteiger partial charge on any atom is 0.227 e. The van der Waals surface area contributed by atoms with Gasteiger partial charge >= 0.3 is 0 Å². The first-order valence-electron chi connectivity index (χ1n) is 8.73. The number of rotatable bonds is 4. The molecule has 4 nitrogen and oxygen atoms in total. The topological polar surface area (TPSA) is 32.8 Å². The minimum absolute atomic E-state index is 0.247. The summed E-state index contributed by atoms with van der Waals surface area (Å²) in [5.41, 5.74) is 2.17. The number of likely N-dealkylation sites (tertiary alicyclic amines) is 2. The number of aryl methyl sites for hydroxylation is 1. The van der Waals surface area contributed by atoms with Gasteiger partial charge in [-0.1, -0.05) is 17.7 Å². The van der Waals surface area contributed by atoms with E-state index in [-0.39, 0.29) is 5.91 Å². The van der Waals surface area contributed by atoms with Crippen LogP contribution in [0.5, 0.6) is 5.75 Å². The third-order valence-corrected chi connectivity index (χ3v) is 5.42. The van der Waals surface area contributed by atoms with Gasteiger partial charge in [0.15, 0.2) is 0 Å². The van der Waals surface area contributed by atoms with Crippen LogP contribution < -0.4 is 4.74 Å². The third-order valence-electron chi connectivity index (χ3n) is 5.42. The number of methoxy groups -OCH3 is 1. The summed E-state index contributed by atoms with van der Waals surface area (Å²) in [6.45, 7) is 4.12. The van der Waals surface area contributed by atoms with Crippen LogP contribution >= 0.6 is 0 Å². The van der Waals surface area contributed by atoms with Gasteiger partial charge in [-0.3, -0.25) is 4.79 Å². The van der Waals surface area contributed by atoms with Crippen molar-refractivity contribution in [2.45, 2.75) is 51.1 Å². The molecule has 1 aromatic rings. The fourth-order valence-electron chi connectivity index (χ4n) is 4.23. The Labute approximate surface area is 139 Å². The number of likely N-dealkylation sites (N-methyl/N-ethyl adjacent to an activating group) is 1. The van der Waals surface area contributed by atoms with E-state index in [0.29, 0.717) is 18.5 Å². The molecule has 2 aliphatic heterocycles. The Bertz CT molecular complexity index is 572. The molecule has 0 radical (unpaired) electrons. The zero-order chi connectivity index (χ0) is 16.4. The van der Waals surface area contributed by atoms with Gasteiger partial charge in [0.25, 0.3) is 0 Å². The Morgan fingerprint density at radius 3 is 2.65 bits per heavy atom. The Morgan fingerprint density at radius 1 is 1.22 bits per heavy atom. The molecule has 0 N–H and O–H groups in total. The van der Waals surface area contributed by atoms with Crippen LogP contribution in [0.1, 0.15) is 36.8 Å². The zero-order valence-electron chi connectivity index (χ0n) is 14.5. The van der Waals surface area contributed by atoms with Gasteiger partial charge in [-0.2, -0.15) is 0 Å². The second-order valence-corrected chi connectivity index (χ2v) is 6.98. The first-order valence-corrected chi connectivity index (χ1v) is 8.73. The zero-order valence-corrected chi connectivity index (χ0v) is 14.5. The molecule has 2 atom stereocenters. The quantitative estimate of drug-likeness (QED) is 0.856. The predicted octanol–water partition coefficient (Wildman–Crippen LogP) is 2.63. The highest BCUT2D eigenvalue weighted by atomic mass is 16.5. The Morgan fingerprint density at radius 2 is 1.96 bits per heavy atom. The summed E-state index contributed by atoms with van der Waals surface area (Å²) in [5.74, 6) is 1.06. The first-order chi connectivity index (χ1) is 11.1. The van der Waals surface area contributed by atoms with Crippen molar-refractivity contribution in [1.82, 2.24) is 9.80 Å². The van der Waals surface area contributed by atoms with Gasteiger partial charge in [0.05, 0.1) is 13.5 Å². The Hall–Kier alpha value is -1.55. The summed E-state index contributed by atoms with van der Waals surface area (Å²) < 4.78 is 5.43. The number of hydrogen-bond donors (Lipinski definition) is 0. The van der Waals surface area contributed by atoms with E-state index in [1.807, 2.05) is 12.1 Å². The summed E-state index contributed by atoms with van der Waals surface area (Å²) in [4.78, 5) is 17.5. The Kier molecular flexibility index (Phi) is 4.90. The number of carbonyl (C=O) groups is 1. The lowest BCUT2D eigenvalue weighted by atomic mass is 10.0. The fraction of sp³-hybridized carbons (Fsp3) is 0.632. The van der Waals surface area contributed by atoms with E-state index in [4.69, 9.17) is 4.74 Å². The van der Waals surface area contributed by atoms with Crippen molar-refractivity contribution in [1.29, 1.82) is 0 Å². The molecule has 1 aromatic carbocycles. The average molecular weight is 316 g/mol. The van der Waals surface area contributed by atoms with Crippen LogP contribution in [-0.2, 0) is 11.2 Å². The van der Waals surface area contributed by atoms with E-state index in [9.17, 15) is 4.79 Å². The molecule has 3 rings (SSSR count). The molecule has 4 heteroatoms. The molecule has 0 saturated carbocycles. The minimum atomic E-state index is 0.247. The van der Waals surface area contributed by atoms with E-state index in [2.05, 4.69) is 29.8 Å². The number of carbonyl (C=O) groups excluding carboxylic acids is 1. The van der Waals surface area contributed by atoms with Crippen molar-refractivity contribution in [3.8, 4) is 5.75 Å². The Balaban J connectivity index is 1.73. The van der Waals surface area contributed by atoms with Crippen LogP contribution in [0.25, 0.3) is 0 Å². The summed E-state index contributed by atoms with van der Waals surface area (Å²) in [6, 6.07) is 7.00. The van der Waals surface area contributed by atoms with E-state index in [0.717, 1.165) is 37.2 Å². The van der Waals surface area contributed by atoms with Gasteiger partial charge < -0.3 is 14.5 Å². The molecule has 126 valence electrons. The summed E-state index contributed by atoms with van der Waals surface area (Å²) in [5, 5.41) is 0. The van der Waals surface area contributed by atoms with Crippen molar-refractivity contribution < 1.29 is 9.53 Å². The standard InChI is InChI=1S/C19H28N2O2/c1-14-8-9-18(23-3)15(12-14)13-19(22)21-11-5-7-17(21)16-6-4-10-20(16)2/h8-9,12,16-17H,4-7,10-11,13H2,1-3H3/t16-,17+/m0/s1. The van der Waals surface area contributed by atoms with Crippen LogP contribution in [0.2, 0.25) is 0 Å². The van der Waals surface area contributed by atoms with Gasteiger partial charge in [0, 0.05) is 24.2 Å². The van der Waals surface area contributed by atoms with Crippen LogP contribution in [0.15, 0.2) is 18.2 Å². The van der Waals surface area contributed by atoms with Gasteiger partial charge in [-0.05, 0) is 52.3 Å². The molecule has 2 fully saturated rings. The molecule has 0 aliphatic carbocycles. The van der Waals surface area contributed by atoms with Crippen LogP contribution in [0.4, 0.5) is 0 Å². The molecule has 0 spiro atoms. The fourth-order valence-corrected chi connectivity index (χ4v) is 4.23. The second-order valence-electron chi connectivity index (χ2n) is 6.98. The molecule has 0 bridgehead atoms. The molecule has 2 heterocycles. The molecular weight excluding hydrogens is 288 g/mol. The molecule has 23 heavy (non-hydrogen) atoms. The largest absolute Gasteiger partial charge is 0.496 e. The normalized spacial score (nSPS) is 25.1. The highest BCUT2D eigenvalue weighted by Crippen LogP contribution is 2.30. The minimum Gasteiger partial charge on any atom is -0.496 e. The number of amides is 1. The SMILES string of the molecule is COc1ccc(C)cc1CC(=O)N1CCC[C@@H]1[C@@H]1CCCN1C. The summed E-state index contributed by atoms with van der Waals surface area (Å²) in [6.07, 6.45) is 5.19. The van der Waals surface area contributed by atoms with Crippen LogP contribution in [0.3, 0.4) is 0 Å². The predicted molar refractivity (Wildman–Crippen MR) is 91.8 cm³/mol. The molecule has 0 unspecified atom stereocenters. The third kappa shape index (κ3) is 3.37. The summed E-state index contributed by atoms with van der Waals surface area (Å²) in [7, 11) is 3.87. The van der Waals surface area contributed by atoms with E-state index < -0.39 is 0 Å². The van der Waals surface area contributed by atoms with Crippen molar-refractivity contribution in [2.24, 2.45) is 0 Å². The van der Waals surface area contributed by atoms with Gasteiger partial charge in [-0.15, -0.1) is 0 Å². The monoisotopic (exact) mass is 316 g/mol. The molecule has 2 aliphatic rings. The van der Waals surface area contributed by atoms with Crippen LogP contribution in [-0.4, -0.2) is 55.0 Å². The smallest absolute Gasteiger partial charge is 0.227 e. The number of benzene rings is 1. The van der Waals surface area contributed by atoms with Crippen molar-refractivity contribution in [3.05, 3.63) is 29.3 Å². The lowest BCUT2D eigenvalue weighted by molar-refractivity contribution is -0.132. The van der Waals surface area contributed by atoms with Crippen molar-refractivity contribution >= 4 is 5.91 Å². The van der Waals surface area contributed by atoms with Gasteiger partial charge in [0.2, 0.25) is 5.91 Å². The van der Waals surface area contributed by atoms with Crippen molar-refractivity contribution in [2.75, 3.05) is 27.2 Å². The number of ether oxygens (including phenoxy) is 1.